The van der Waals surface area contributed by atoms with Crippen LogP contribution in [0.5, 0.6) is 0 Å². The minimum atomic E-state index is -0.931. The first-order valence-electron chi connectivity index (χ1n) is 6.07. The Labute approximate surface area is 116 Å². The molecule has 108 valence electrons. The molecule has 1 aromatic carbocycles. The molecule has 0 fully saturated rings. The molecular weight excluding hydrogens is 265 g/mol. The van der Waals surface area contributed by atoms with Crippen LogP contribution in [0, 0.1) is 5.82 Å². The van der Waals surface area contributed by atoms with E-state index in [9.17, 15) is 18.8 Å². The van der Waals surface area contributed by atoms with E-state index >= 15 is 0 Å². The predicted molar refractivity (Wildman–Crippen MR) is 69.6 cm³/mol. The Kier molecular flexibility index (Phi) is 5.83. The number of halogens is 1. The van der Waals surface area contributed by atoms with Gasteiger partial charge < -0.3 is 14.8 Å². The zero-order chi connectivity index (χ0) is 15.1. The Hall–Kier alpha value is -2.24. The standard InChI is InChI=1S/C14H16FNO4/c1-9(17)6-7-12(14(19)20-2)16-13(18)10-4-3-5-11(15)8-10/h3-5,8,12H,6-7H2,1-2H3,(H,16,18)/t12-/m1/s1. The molecule has 0 saturated heterocycles. The molecule has 1 rings (SSSR count). The first-order valence-corrected chi connectivity index (χ1v) is 6.07. The Balaban J connectivity index is 2.75. The van der Waals surface area contributed by atoms with Crippen molar-refractivity contribution in [3.63, 3.8) is 0 Å². The zero-order valence-corrected chi connectivity index (χ0v) is 11.3. The van der Waals surface area contributed by atoms with E-state index < -0.39 is 23.7 Å². The third-order valence-corrected chi connectivity index (χ3v) is 2.66. The number of carbonyl (C=O) groups excluding carboxylic acids is 3. The minimum Gasteiger partial charge on any atom is -0.467 e. The molecule has 0 aromatic heterocycles. The largest absolute Gasteiger partial charge is 0.467 e. The highest BCUT2D eigenvalue weighted by atomic mass is 19.1. The third kappa shape index (κ3) is 4.79. The summed E-state index contributed by atoms with van der Waals surface area (Å²) in [5.41, 5.74) is 0.0988. The SMILES string of the molecule is COC(=O)[C@@H](CCC(C)=O)NC(=O)c1cccc(F)c1. The summed E-state index contributed by atoms with van der Waals surface area (Å²) in [6.07, 6.45) is 0.284. The summed E-state index contributed by atoms with van der Waals surface area (Å²) < 4.78 is 17.6. The average Bonchev–Trinajstić information content (AvgIpc) is 2.42. The number of hydrogen-bond donors (Lipinski definition) is 1. The summed E-state index contributed by atoms with van der Waals surface area (Å²) in [7, 11) is 1.19. The molecule has 1 amide bonds. The smallest absolute Gasteiger partial charge is 0.328 e. The van der Waals surface area contributed by atoms with Gasteiger partial charge in [-0.3, -0.25) is 4.79 Å². The second-order valence-electron chi connectivity index (χ2n) is 4.30. The fourth-order valence-electron chi connectivity index (χ4n) is 1.61. The van der Waals surface area contributed by atoms with Gasteiger partial charge in [-0.1, -0.05) is 6.07 Å². The number of benzene rings is 1. The number of methoxy groups -OCH3 is 1. The maximum atomic E-state index is 13.0. The molecule has 0 unspecified atom stereocenters. The van der Waals surface area contributed by atoms with Crippen molar-refractivity contribution in [2.75, 3.05) is 7.11 Å². The van der Waals surface area contributed by atoms with Crippen molar-refractivity contribution in [2.45, 2.75) is 25.8 Å². The molecule has 6 heteroatoms. The predicted octanol–water partition coefficient (Wildman–Crippen LogP) is 1.47. The van der Waals surface area contributed by atoms with Gasteiger partial charge in [-0.25, -0.2) is 9.18 Å². The molecule has 0 aliphatic heterocycles. The average molecular weight is 281 g/mol. The van der Waals surface area contributed by atoms with Crippen LogP contribution in [-0.2, 0) is 14.3 Å². The van der Waals surface area contributed by atoms with Gasteiger partial charge >= 0.3 is 5.97 Å². The highest BCUT2D eigenvalue weighted by Crippen LogP contribution is 2.06. The molecule has 0 aliphatic rings. The van der Waals surface area contributed by atoms with Crippen LogP contribution < -0.4 is 5.32 Å². The van der Waals surface area contributed by atoms with Crippen LogP contribution in [0.4, 0.5) is 4.39 Å². The first kappa shape index (κ1) is 15.8. The van der Waals surface area contributed by atoms with E-state index in [0.29, 0.717) is 0 Å². The maximum absolute atomic E-state index is 13.0. The number of rotatable bonds is 6. The van der Waals surface area contributed by atoms with Crippen molar-refractivity contribution < 1.29 is 23.5 Å². The lowest BCUT2D eigenvalue weighted by atomic mass is 10.1. The molecule has 0 spiro atoms. The van der Waals surface area contributed by atoms with Gasteiger partial charge in [-0.2, -0.15) is 0 Å². The van der Waals surface area contributed by atoms with Gasteiger partial charge in [0.1, 0.15) is 17.6 Å². The summed E-state index contributed by atoms with van der Waals surface area (Å²) in [5.74, 6) is -1.88. The number of Topliss-reactive ketones (excluding diaryl/α,β-unsaturated/α-hetero) is 1. The number of ketones is 1. The van der Waals surface area contributed by atoms with Crippen LogP contribution in [0.1, 0.15) is 30.1 Å². The van der Waals surface area contributed by atoms with Crippen LogP contribution in [0.2, 0.25) is 0 Å². The summed E-state index contributed by atoms with van der Waals surface area (Å²) in [6.45, 7) is 1.39. The highest BCUT2D eigenvalue weighted by Gasteiger charge is 2.22. The van der Waals surface area contributed by atoms with Gasteiger partial charge in [0, 0.05) is 12.0 Å². The van der Waals surface area contributed by atoms with E-state index in [1.807, 2.05) is 0 Å². The van der Waals surface area contributed by atoms with Crippen LogP contribution >= 0.6 is 0 Å². The molecule has 20 heavy (non-hydrogen) atoms. The van der Waals surface area contributed by atoms with Crippen molar-refractivity contribution in [3.05, 3.63) is 35.6 Å². The van der Waals surface area contributed by atoms with E-state index in [4.69, 9.17) is 0 Å². The Morgan fingerprint density at radius 2 is 2.05 bits per heavy atom. The number of hydrogen-bond acceptors (Lipinski definition) is 4. The van der Waals surface area contributed by atoms with E-state index in [2.05, 4.69) is 10.1 Å². The molecule has 1 N–H and O–H groups in total. The van der Waals surface area contributed by atoms with E-state index in [0.717, 1.165) is 6.07 Å². The summed E-state index contributed by atoms with van der Waals surface area (Å²) in [4.78, 5) is 34.4. The van der Waals surface area contributed by atoms with E-state index in [-0.39, 0.29) is 24.2 Å². The Morgan fingerprint density at radius 3 is 2.60 bits per heavy atom. The van der Waals surface area contributed by atoms with Gasteiger partial charge in [0.15, 0.2) is 0 Å². The molecule has 0 bridgehead atoms. The summed E-state index contributed by atoms with van der Waals surface area (Å²) in [5, 5.41) is 2.43. The van der Waals surface area contributed by atoms with Gasteiger partial charge in [-0.15, -0.1) is 0 Å². The number of amides is 1. The molecule has 0 saturated carbocycles. The number of ether oxygens (including phenoxy) is 1. The number of esters is 1. The normalized spacial score (nSPS) is 11.6. The molecule has 5 nitrogen and oxygen atoms in total. The number of nitrogens with one attached hydrogen (secondary N) is 1. The van der Waals surface area contributed by atoms with E-state index in [1.54, 1.807) is 0 Å². The Bertz CT molecular complexity index is 516. The minimum absolute atomic E-state index is 0.0982. The topological polar surface area (TPSA) is 72.5 Å². The van der Waals surface area contributed by atoms with Crippen LogP contribution in [0.25, 0.3) is 0 Å². The molecule has 1 aromatic rings. The molecule has 0 aliphatic carbocycles. The lowest BCUT2D eigenvalue weighted by Crippen LogP contribution is -2.41. The van der Waals surface area contributed by atoms with Crippen molar-refractivity contribution >= 4 is 17.7 Å². The van der Waals surface area contributed by atoms with Crippen molar-refractivity contribution in [2.24, 2.45) is 0 Å². The van der Waals surface area contributed by atoms with Crippen molar-refractivity contribution in [1.29, 1.82) is 0 Å². The lowest BCUT2D eigenvalue weighted by Gasteiger charge is -2.15. The van der Waals surface area contributed by atoms with Crippen molar-refractivity contribution in [3.8, 4) is 0 Å². The molecule has 0 heterocycles. The second-order valence-corrected chi connectivity index (χ2v) is 4.30. The van der Waals surface area contributed by atoms with Gasteiger partial charge in [0.05, 0.1) is 7.11 Å². The van der Waals surface area contributed by atoms with Crippen LogP contribution in [-0.4, -0.2) is 30.8 Å². The van der Waals surface area contributed by atoms with Gasteiger partial charge in [-0.05, 0) is 31.5 Å². The number of carbonyl (C=O) groups is 3. The monoisotopic (exact) mass is 281 g/mol. The van der Waals surface area contributed by atoms with Gasteiger partial charge in [0.25, 0.3) is 5.91 Å². The summed E-state index contributed by atoms with van der Waals surface area (Å²) in [6, 6.07) is 4.17. The maximum Gasteiger partial charge on any atom is 0.328 e. The molecule has 0 radical (unpaired) electrons. The fourth-order valence-corrected chi connectivity index (χ4v) is 1.61. The zero-order valence-electron chi connectivity index (χ0n) is 11.3. The quantitative estimate of drug-likeness (QED) is 0.801. The first-order chi connectivity index (χ1) is 9.43. The third-order valence-electron chi connectivity index (χ3n) is 2.66. The highest BCUT2D eigenvalue weighted by molar-refractivity contribution is 5.96. The van der Waals surface area contributed by atoms with Crippen molar-refractivity contribution in [1.82, 2.24) is 5.32 Å². The fraction of sp³-hybridized carbons (Fsp3) is 0.357. The molecule has 1 atom stereocenters. The molecular formula is C14H16FNO4. The van der Waals surface area contributed by atoms with Crippen LogP contribution in [0.15, 0.2) is 24.3 Å². The Morgan fingerprint density at radius 1 is 1.35 bits per heavy atom. The lowest BCUT2D eigenvalue weighted by molar-refractivity contribution is -0.143. The van der Waals surface area contributed by atoms with Crippen LogP contribution in [0.3, 0.4) is 0 Å². The van der Waals surface area contributed by atoms with E-state index in [1.165, 1.54) is 32.2 Å². The second kappa shape index (κ2) is 7.37. The van der Waals surface area contributed by atoms with Gasteiger partial charge in [0.2, 0.25) is 0 Å². The summed E-state index contributed by atoms with van der Waals surface area (Å²) >= 11 is 0.